The zero-order valence-electron chi connectivity index (χ0n) is 21.5. The van der Waals surface area contributed by atoms with Gasteiger partial charge in [-0.05, 0) is 103 Å². The quantitative estimate of drug-likeness (QED) is 0.535. The SMILES string of the molecule is CN([C@@H]1CCC2=CC3=CC[C@]4(C)[C@@H](c5ccc6ccncc6c5)CC[C@H]4C34CC[C@]2(C1)O4)S(C)(=O)=O. The highest BCUT2D eigenvalue weighted by atomic mass is 32.2. The molecule has 6 atom stereocenters. The highest BCUT2D eigenvalue weighted by Crippen LogP contribution is 2.69. The molecule has 1 aromatic carbocycles. The number of ether oxygens (including phenoxy) is 1. The molecular formula is C30H36N2O3S. The Morgan fingerprint density at radius 1 is 1.11 bits per heavy atom. The van der Waals surface area contributed by atoms with Gasteiger partial charge in [0.05, 0.1) is 17.5 Å². The summed E-state index contributed by atoms with van der Waals surface area (Å²) >= 11 is 0. The normalized spacial score (nSPS) is 39.4. The van der Waals surface area contributed by atoms with Gasteiger partial charge in [-0.25, -0.2) is 12.7 Å². The number of rotatable bonds is 3. The van der Waals surface area contributed by atoms with E-state index in [0.717, 1.165) is 38.5 Å². The van der Waals surface area contributed by atoms with Gasteiger partial charge in [0, 0.05) is 30.9 Å². The molecule has 0 radical (unpaired) electrons. The predicted octanol–water partition coefficient (Wildman–Crippen LogP) is 5.74. The zero-order chi connectivity index (χ0) is 24.9. The van der Waals surface area contributed by atoms with Crippen molar-refractivity contribution >= 4 is 20.8 Å². The summed E-state index contributed by atoms with van der Waals surface area (Å²) in [5.41, 5.74) is 3.86. The second-order valence-corrected chi connectivity index (χ2v) is 14.4. The number of aromatic nitrogens is 1. The van der Waals surface area contributed by atoms with Gasteiger partial charge in [-0.2, -0.15) is 0 Å². The van der Waals surface area contributed by atoms with Gasteiger partial charge in [0.15, 0.2) is 0 Å². The summed E-state index contributed by atoms with van der Waals surface area (Å²) in [7, 11) is -1.48. The number of hydrogen-bond acceptors (Lipinski definition) is 4. The van der Waals surface area contributed by atoms with E-state index in [4.69, 9.17) is 4.74 Å². The molecule has 2 saturated carbocycles. The molecule has 1 saturated heterocycles. The first-order valence-corrected chi connectivity index (χ1v) is 15.4. The van der Waals surface area contributed by atoms with Crippen LogP contribution in [-0.4, -0.2) is 48.3 Å². The Kier molecular flexibility index (Phi) is 4.83. The lowest BCUT2D eigenvalue weighted by Crippen LogP contribution is -2.55. The van der Waals surface area contributed by atoms with E-state index in [1.165, 1.54) is 46.6 Å². The standard InChI is InChI=1S/C30H36N2O3S/c1-28-12-10-24-17-23-6-7-25(32(2)36(3,33)34)18-29(23)13-14-30(24,35-29)27(28)9-8-26(28)21-5-4-20-11-15-31-19-22(20)16-21/h4-5,10-11,15-17,19,25-27H,6-9,12-14,18H2,1-3H3/t25-,26-,27-,28-,29-,30?/m1/s1. The second kappa shape index (κ2) is 7.52. The van der Waals surface area contributed by atoms with E-state index < -0.39 is 10.0 Å². The first-order valence-electron chi connectivity index (χ1n) is 13.5. The Balaban J connectivity index is 1.25. The van der Waals surface area contributed by atoms with Crippen molar-refractivity contribution < 1.29 is 13.2 Å². The zero-order valence-corrected chi connectivity index (χ0v) is 22.4. The fraction of sp³-hybridized carbons (Fsp3) is 0.567. The van der Waals surface area contributed by atoms with E-state index in [2.05, 4.69) is 48.3 Å². The summed E-state index contributed by atoms with van der Waals surface area (Å²) in [4.78, 5) is 4.36. The highest BCUT2D eigenvalue weighted by Gasteiger charge is 2.66. The van der Waals surface area contributed by atoms with Crippen LogP contribution in [0.5, 0.6) is 0 Å². The molecule has 0 amide bonds. The number of sulfonamides is 1. The molecule has 2 aliphatic heterocycles. The van der Waals surface area contributed by atoms with Crippen molar-refractivity contribution in [3.63, 3.8) is 0 Å². The van der Waals surface area contributed by atoms with Crippen LogP contribution in [0.25, 0.3) is 10.8 Å². The molecule has 5 nitrogen and oxygen atoms in total. The minimum Gasteiger partial charge on any atom is -0.359 e. The van der Waals surface area contributed by atoms with Crippen molar-refractivity contribution in [1.29, 1.82) is 0 Å². The number of fused-ring (bicyclic) bond motifs is 2. The minimum atomic E-state index is -3.22. The molecule has 5 aliphatic rings. The molecule has 36 heavy (non-hydrogen) atoms. The Labute approximate surface area is 214 Å². The Morgan fingerprint density at radius 2 is 1.97 bits per heavy atom. The van der Waals surface area contributed by atoms with E-state index in [-0.39, 0.29) is 22.7 Å². The van der Waals surface area contributed by atoms with Crippen molar-refractivity contribution in [2.45, 2.75) is 81.5 Å². The molecule has 1 aromatic heterocycles. The molecule has 1 unspecified atom stereocenters. The van der Waals surface area contributed by atoms with Crippen LogP contribution in [0.1, 0.15) is 69.8 Å². The van der Waals surface area contributed by atoms with Gasteiger partial charge in [-0.15, -0.1) is 0 Å². The maximum Gasteiger partial charge on any atom is 0.211 e. The van der Waals surface area contributed by atoms with Gasteiger partial charge >= 0.3 is 0 Å². The fourth-order valence-corrected chi connectivity index (χ4v) is 9.55. The lowest BCUT2D eigenvalue weighted by molar-refractivity contribution is -0.138. The van der Waals surface area contributed by atoms with Crippen molar-refractivity contribution in [3.05, 3.63) is 65.5 Å². The summed E-state index contributed by atoms with van der Waals surface area (Å²) in [5.74, 6) is 0.977. The summed E-state index contributed by atoms with van der Waals surface area (Å²) in [6.07, 6.45) is 18.2. The van der Waals surface area contributed by atoms with E-state index in [1.807, 2.05) is 12.4 Å². The number of benzene rings is 1. The molecule has 2 aromatic rings. The van der Waals surface area contributed by atoms with Crippen LogP contribution in [-0.2, 0) is 14.8 Å². The molecular weight excluding hydrogens is 468 g/mol. The number of allylic oxidation sites excluding steroid dienone is 1. The summed E-state index contributed by atoms with van der Waals surface area (Å²) in [6.45, 7) is 2.50. The largest absolute Gasteiger partial charge is 0.359 e. The van der Waals surface area contributed by atoms with Crippen LogP contribution in [0.4, 0.5) is 0 Å². The third kappa shape index (κ3) is 3.07. The first-order chi connectivity index (χ1) is 17.1. The first kappa shape index (κ1) is 23.1. The number of pyridine rings is 1. The van der Waals surface area contributed by atoms with Gasteiger partial charge in [0.1, 0.15) is 0 Å². The summed E-state index contributed by atoms with van der Waals surface area (Å²) in [5, 5.41) is 2.46. The van der Waals surface area contributed by atoms with Gasteiger partial charge in [-0.1, -0.05) is 31.2 Å². The Morgan fingerprint density at radius 3 is 2.81 bits per heavy atom. The van der Waals surface area contributed by atoms with Crippen LogP contribution < -0.4 is 0 Å². The predicted molar refractivity (Wildman–Crippen MR) is 142 cm³/mol. The van der Waals surface area contributed by atoms with Crippen molar-refractivity contribution in [1.82, 2.24) is 9.29 Å². The topological polar surface area (TPSA) is 59.5 Å². The van der Waals surface area contributed by atoms with Gasteiger partial charge < -0.3 is 4.74 Å². The third-order valence-corrected chi connectivity index (χ3v) is 12.1. The van der Waals surface area contributed by atoms with Crippen LogP contribution in [0.2, 0.25) is 0 Å². The maximum absolute atomic E-state index is 12.3. The average molecular weight is 505 g/mol. The van der Waals surface area contributed by atoms with Crippen LogP contribution in [0.15, 0.2) is 60.0 Å². The molecule has 7 rings (SSSR count). The van der Waals surface area contributed by atoms with Gasteiger partial charge in [0.2, 0.25) is 10.0 Å². The Bertz CT molecular complexity index is 1430. The lowest BCUT2D eigenvalue weighted by atomic mass is 9.58. The number of hydrogen-bond donors (Lipinski definition) is 0. The van der Waals surface area contributed by atoms with E-state index in [1.54, 1.807) is 11.4 Å². The average Bonchev–Trinajstić information content (AvgIpc) is 3.37. The van der Waals surface area contributed by atoms with Crippen molar-refractivity contribution in [3.8, 4) is 0 Å². The Hall–Kier alpha value is -2.02. The fourth-order valence-electron chi connectivity index (χ4n) is 8.83. The molecule has 3 fully saturated rings. The van der Waals surface area contributed by atoms with Crippen LogP contribution in [0.3, 0.4) is 0 Å². The van der Waals surface area contributed by atoms with E-state index >= 15 is 0 Å². The molecule has 0 N–H and O–H groups in total. The molecule has 2 spiro atoms. The van der Waals surface area contributed by atoms with Gasteiger partial charge in [0.25, 0.3) is 0 Å². The third-order valence-electron chi connectivity index (χ3n) is 10.8. The van der Waals surface area contributed by atoms with Crippen LogP contribution in [0, 0.1) is 11.3 Å². The highest BCUT2D eigenvalue weighted by molar-refractivity contribution is 7.88. The molecule has 2 bridgehead atoms. The summed E-state index contributed by atoms with van der Waals surface area (Å²) < 4.78 is 33.6. The summed E-state index contributed by atoms with van der Waals surface area (Å²) in [6, 6.07) is 9.04. The monoisotopic (exact) mass is 504 g/mol. The lowest BCUT2D eigenvalue weighted by Gasteiger charge is -2.54. The van der Waals surface area contributed by atoms with Crippen LogP contribution >= 0.6 is 0 Å². The maximum atomic E-state index is 12.3. The van der Waals surface area contributed by atoms with Gasteiger partial charge in [-0.3, -0.25) is 4.98 Å². The molecule has 3 heterocycles. The van der Waals surface area contributed by atoms with E-state index in [9.17, 15) is 8.42 Å². The van der Waals surface area contributed by atoms with Crippen molar-refractivity contribution in [2.75, 3.05) is 13.3 Å². The number of nitrogens with zero attached hydrogens (tertiary/aromatic N) is 2. The molecule has 3 aliphatic carbocycles. The minimum absolute atomic E-state index is 0.00957. The van der Waals surface area contributed by atoms with Crippen molar-refractivity contribution in [2.24, 2.45) is 11.3 Å². The molecule has 190 valence electrons. The smallest absolute Gasteiger partial charge is 0.211 e. The van der Waals surface area contributed by atoms with E-state index in [0.29, 0.717) is 11.8 Å². The molecule has 6 heteroatoms. The second-order valence-electron chi connectivity index (χ2n) is 12.4.